The van der Waals surface area contributed by atoms with Gasteiger partial charge >= 0.3 is 5.97 Å². The van der Waals surface area contributed by atoms with E-state index in [0.717, 1.165) is 16.9 Å². The highest BCUT2D eigenvalue weighted by Crippen LogP contribution is 2.41. The van der Waals surface area contributed by atoms with Crippen LogP contribution in [0, 0.1) is 26.2 Å². The molecule has 0 radical (unpaired) electrons. The molecule has 5 rings (SSSR count). The van der Waals surface area contributed by atoms with E-state index in [1.165, 1.54) is 11.0 Å². The van der Waals surface area contributed by atoms with Gasteiger partial charge in [-0.25, -0.2) is 4.79 Å². The van der Waals surface area contributed by atoms with Crippen LogP contribution < -0.4 is 26.4 Å². The van der Waals surface area contributed by atoms with Crippen LogP contribution in [0.4, 0.5) is 22.7 Å². The van der Waals surface area contributed by atoms with Crippen LogP contribution in [0.3, 0.4) is 0 Å². The topological polar surface area (TPSA) is 129 Å². The van der Waals surface area contributed by atoms with Gasteiger partial charge in [0.25, 0.3) is 16.8 Å². The Balaban J connectivity index is 1.52. The summed E-state index contributed by atoms with van der Waals surface area (Å²) >= 11 is 6.48. The van der Waals surface area contributed by atoms with Gasteiger partial charge in [0.05, 0.1) is 35.1 Å². The van der Waals surface area contributed by atoms with Crippen molar-refractivity contribution in [2.75, 3.05) is 15.5 Å². The van der Waals surface area contributed by atoms with Gasteiger partial charge < -0.3 is 25.1 Å². The smallest absolute Gasteiger partial charge is 0.337 e. The minimum absolute atomic E-state index is 0.0204. The van der Waals surface area contributed by atoms with Gasteiger partial charge in [-0.3, -0.25) is 14.4 Å². The Hall–Kier alpha value is -4.37. The minimum atomic E-state index is -1.16. The molecule has 0 aliphatic carbocycles. The number of hydrogen-bond acceptors (Lipinski definition) is 7. The quantitative estimate of drug-likeness (QED) is 0.220. The van der Waals surface area contributed by atoms with Gasteiger partial charge in [-0.15, -0.1) is 0 Å². The van der Waals surface area contributed by atoms with Crippen LogP contribution in [0.2, 0.25) is 5.02 Å². The number of furan rings is 1. The zero-order valence-corrected chi connectivity index (χ0v) is 24.3. The first kappa shape index (κ1) is 28.2. The number of benzene rings is 2. The molecular formula is C31H30ClN3O6. The van der Waals surface area contributed by atoms with Crippen LogP contribution in [0.25, 0.3) is 0 Å². The second-order valence-electron chi connectivity index (χ2n) is 11.5. The number of carbonyl (C=O) groups is 2. The van der Waals surface area contributed by atoms with E-state index in [1.807, 2.05) is 40.7 Å². The number of anilines is 4. The van der Waals surface area contributed by atoms with Crippen LogP contribution in [0.1, 0.15) is 75.7 Å². The number of hydrogen-bond donors (Lipinski definition) is 3. The van der Waals surface area contributed by atoms with E-state index in [-0.39, 0.29) is 45.8 Å². The van der Waals surface area contributed by atoms with Crippen molar-refractivity contribution in [2.45, 2.75) is 54.1 Å². The molecule has 4 aromatic rings. The van der Waals surface area contributed by atoms with Crippen molar-refractivity contribution in [3.8, 4) is 0 Å². The number of aryl methyl sites for hydroxylation is 3. The lowest BCUT2D eigenvalue weighted by Crippen LogP contribution is -2.39. The number of rotatable bonds is 7. The molecular weight excluding hydrogens is 546 g/mol. The summed E-state index contributed by atoms with van der Waals surface area (Å²) in [5.41, 5.74) is 1.31. The highest BCUT2D eigenvalue weighted by atomic mass is 35.5. The molecule has 1 aliphatic heterocycles. The largest absolute Gasteiger partial charge is 0.478 e. The molecule has 1 aromatic heterocycles. The first-order chi connectivity index (χ1) is 19.2. The molecule has 41 heavy (non-hydrogen) atoms. The van der Waals surface area contributed by atoms with E-state index in [2.05, 4.69) is 10.6 Å². The molecule has 212 valence electrons. The summed E-state index contributed by atoms with van der Waals surface area (Å²) in [6.07, 6.45) is 0. The third-order valence-electron chi connectivity index (χ3n) is 7.50. The normalized spacial score (nSPS) is 13.9. The summed E-state index contributed by atoms with van der Waals surface area (Å²) in [6.45, 7) is 11.6. The summed E-state index contributed by atoms with van der Waals surface area (Å²) in [5, 5.41) is 16.3. The van der Waals surface area contributed by atoms with Gasteiger partial charge in [-0.1, -0.05) is 38.4 Å². The molecule has 0 saturated carbocycles. The van der Waals surface area contributed by atoms with E-state index in [0.29, 0.717) is 16.3 Å². The van der Waals surface area contributed by atoms with Crippen molar-refractivity contribution < 1.29 is 19.1 Å². The molecule has 1 aliphatic rings. The fourth-order valence-electron chi connectivity index (χ4n) is 5.12. The number of halogens is 1. The van der Waals surface area contributed by atoms with Gasteiger partial charge in [-0.2, -0.15) is 0 Å². The number of aromatic carboxylic acids is 1. The Labute approximate surface area is 241 Å². The third-order valence-corrected chi connectivity index (χ3v) is 7.85. The van der Waals surface area contributed by atoms with Crippen LogP contribution in [0.5, 0.6) is 0 Å². The van der Waals surface area contributed by atoms with Gasteiger partial charge in [-0.05, 0) is 67.6 Å². The summed E-state index contributed by atoms with van der Waals surface area (Å²) in [5.74, 6) is -0.237. The van der Waals surface area contributed by atoms with Crippen LogP contribution in [-0.2, 0) is 6.54 Å². The zero-order chi connectivity index (χ0) is 30.0. The highest BCUT2D eigenvalue weighted by molar-refractivity contribution is 6.33. The molecule has 2 heterocycles. The molecule has 0 spiro atoms. The SMILES string of the molecule is Cc1ccc(C(=O)O)c(N2Cc3c(Cl)ccc(Nc4c(N[C@@H](c5cc(C)c(C)o5)C(C)(C)C)c(=O)c4=O)c3C2=O)c1. The molecule has 3 aromatic carbocycles. The maximum absolute atomic E-state index is 13.7. The molecule has 3 N–H and O–H groups in total. The Morgan fingerprint density at radius 1 is 1.02 bits per heavy atom. The summed E-state index contributed by atoms with van der Waals surface area (Å²) in [7, 11) is 0. The molecule has 0 fully saturated rings. The maximum atomic E-state index is 13.7. The first-order valence-corrected chi connectivity index (χ1v) is 13.5. The first-order valence-electron chi connectivity index (χ1n) is 13.1. The predicted octanol–water partition coefficient (Wildman–Crippen LogP) is 6.26. The molecule has 0 unspecified atom stereocenters. The number of nitrogens with one attached hydrogen (secondary N) is 2. The molecule has 9 nitrogen and oxygen atoms in total. The van der Waals surface area contributed by atoms with Gasteiger partial charge in [0, 0.05) is 10.6 Å². The molecule has 1 amide bonds. The Bertz CT molecular complexity index is 1790. The molecule has 0 bridgehead atoms. The second-order valence-corrected chi connectivity index (χ2v) is 11.9. The van der Waals surface area contributed by atoms with E-state index >= 15 is 0 Å². The highest BCUT2D eigenvalue weighted by Gasteiger charge is 2.37. The van der Waals surface area contributed by atoms with E-state index in [1.54, 1.807) is 31.2 Å². The lowest BCUT2D eigenvalue weighted by Gasteiger charge is -2.31. The van der Waals surface area contributed by atoms with E-state index < -0.39 is 28.8 Å². The van der Waals surface area contributed by atoms with Gasteiger partial charge in [0.1, 0.15) is 22.9 Å². The summed E-state index contributed by atoms with van der Waals surface area (Å²) in [6, 6.07) is 9.40. The fourth-order valence-corrected chi connectivity index (χ4v) is 5.33. The molecule has 10 heteroatoms. The predicted molar refractivity (Wildman–Crippen MR) is 159 cm³/mol. The van der Waals surface area contributed by atoms with Crippen molar-refractivity contribution >= 4 is 46.2 Å². The van der Waals surface area contributed by atoms with Crippen molar-refractivity contribution in [1.29, 1.82) is 0 Å². The third kappa shape index (κ3) is 4.80. The van der Waals surface area contributed by atoms with Gasteiger partial charge in [0.15, 0.2) is 0 Å². The van der Waals surface area contributed by atoms with Crippen molar-refractivity contribution in [1.82, 2.24) is 0 Å². The lowest BCUT2D eigenvalue weighted by molar-refractivity contribution is 0.0697. The van der Waals surface area contributed by atoms with Crippen LogP contribution in [-0.4, -0.2) is 17.0 Å². The van der Waals surface area contributed by atoms with E-state index in [4.69, 9.17) is 16.0 Å². The number of amides is 1. The number of nitrogens with zero attached hydrogens (tertiary/aromatic N) is 1. The Morgan fingerprint density at radius 2 is 1.71 bits per heavy atom. The number of carboxylic acids is 1. The monoisotopic (exact) mass is 575 g/mol. The molecule has 0 saturated heterocycles. The van der Waals surface area contributed by atoms with E-state index in [9.17, 15) is 24.3 Å². The van der Waals surface area contributed by atoms with Crippen LogP contribution >= 0.6 is 11.6 Å². The fraction of sp³-hybridized carbons (Fsp3) is 0.290. The van der Waals surface area contributed by atoms with Crippen molar-refractivity contribution in [2.24, 2.45) is 5.41 Å². The Kier molecular flexibility index (Phi) is 6.82. The summed E-state index contributed by atoms with van der Waals surface area (Å²) in [4.78, 5) is 52.5. The average molecular weight is 576 g/mol. The van der Waals surface area contributed by atoms with Crippen LogP contribution in [0.15, 0.2) is 50.4 Å². The van der Waals surface area contributed by atoms with Gasteiger partial charge in [0.2, 0.25) is 0 Å². The average Bonchev–Trinajstić information content (AvgIpc) is 3.42. The number of carboxylic acid groups (broad SMARTS) is 1. The zero-order valence-electron chi connectivity index (χ0n) is 23.6. The maximum Gasteiger partial charge on any atom is 0.337 e. The standard InChI is InChI=1S/C31H30ClN3O6/c1-14-7-8-17(30(39)40)21(11-14)35-13-18-19(32)9-10-20(23(18)29(35)38)33-24-25(27(37)26(24)36)34-28(31(4,5)6)22-12-15(2)16(3)41-22/h7-12,28,33-34H,13H2,1-6H3,(H,39,40)/t28-/m0/s1. The Morgan fingerprint density at radius 3 is 2.32 bits per heavy atom. The van der Waals surface area contributed by atoms with Crippen molar-refractivity contribution in [3.05, 3.63) is 101 Å². The lowest BCUT2D eigenvalue weighted by atomic mass is 9.84. The minimum Gasteiger partial charge on any atom is -0.478 e. The summed E-state index contributed by atoms with van der Waals surface area (Å²) < 4.78 is 5.96. The van der Waals surface area contributed by atoms with Crippen molar-refractivity contribution in [3.63, 3.8) is 0 Å². The second kappa shape index (κ2) is 9.92. The molecule has 1 atom stereocenters. The number of carbonyl (C=O) groups excluding carboxylic acids is 1. The number of fused-ring (bicyclic) bond motifs is 1.